The molecule has 1 aliphatic rings. The van der Waals surface area contributed by atoms with Gasteiger partial charge in [-0.3, -0.25) is 9.78 Å². The minimum atomic E-state index is -0.409. The summed E-state index contributed by atoms with van der Waals surface area (Å²) >= 11 is 6.00. The highest BCUT2D eigenvalue weighted by molar-refractivity contribution is 6.30. The van der Waals surface area contributed by atoms with Crippen LogP contribution < -0.4 is 5.32 Å². The number of nitrogens with zero attached hydrogens (tertiary/aromatic N) is 1. The van der Waals surface area contributed by atoms with Gasteiger partial charge in [-0.25, -0.2) is 0 Å². The van der Waals surface area contributed by atoms with Crippen LogP contribution in [0.1, 0.15) is 18.4 Å². The monoisotopic (exact) mass is 272 g/mol. The SMILES string of the molecule is O=C(Nc1ccncc1)C1(c2cccc(Cl)c2)CC1. The van der Waals surface area contributed by atoms with Gasteiger partial charge in [0, 0.05) is 23.1 Å². The molecule has 96 valence electrons. The Morgan fingerprint density at radius 3 is 2.58 bits per heavy atom. The van der Waals surface area contributed by atoms with Crippen molar-refractivity contribution in [2.75, 3.05) is 5.32 Å². The van der Waals surface area contributed by atoms with Crippen LogP contribution in [0, 0.1) is 0 Å². The summed E-state index contributed by atoms with van der Waals surface area (Å²) in [5, 5.41) is 3.61. The molecule has 0 unspecified atom stereocenters. The summed E-state index contributed by atoms with van der Waals surface area (Å²) < 4.78 is 0. The Balaban J connectivity index is 1.83. The fraction of sp³-hybridized carbons (Fsp3) is 0.200. The van der Waals surface area contributed by atoms with E-state index in [2.05, 4.69) is 10.3 Å². The van der Waals surface area contributed by atoms with Gasteiger partial charge in [0.15, 0.2) is 0 Å². The predicted octanol–water partition coefficient (Wildman–Crippen LogP) is 3.41. The van der Waals surface area contributed by atoms with Gasteiger partial charge in [-0.05, 0) is 42.7 Å². The van der Waals surface area contributed by atoms with Crippen LogP contribution >= 0.6 is 11.6 Å². The van der Waals surface area contributed by atoms with E-state index in [1.165, 1.54) is 0 Å². The van der Waals surface area contributed by atoms with Gasteiger partial charge in [-0.2, -0.15) is 0 Å². The van der Waals surface area contributed by atoms with Crippen LogP contribution in [0.25, 0.3) is 0 Å². The third-order valence-electron chi connectivity index (χ3n) is 3.50. The fourth-order valence-corrected chi connectivity index (χ4v) is 2.43. The van der Waals surface area contributed by atoms with Crippen LogP contribution in [0.3, 0.4) is 0 Å². The zero-order valence-electron chi connectivity index (χ0n) is 10.3. The summed E-state index contributed by atoms with van der Waals surface area (Å²) in [5.74, 6) is 0.0287. The molecular weight excluding hydrogens is 260 g/mol. The van der Waals surface area contributed by atoms with E-state index < -0.39 is 5.41 Å². The summed E-state index contributed by atoms with van der Waals surface area (Å²) in [6.07, 6.45) is 5.05. The van der Waals surface area contributed by atoms with E-state index in [0.717, 1.165) is 24.1 Å². The van der Waals surface area contributed by atoms with Crippen LogP contribution in [0.15, 0.2) is 48.8 Å². The first kappa shape index (κ1) is 12.2. The first-order chi connectivity index (χ1) is 9.21. The topological polar surface area (TPSA) is 42.0 Å². The zero-order valence-corrected chi connectivity index (χ0v) is 11.0. The van der Waals surface area contributed by atoms with Crippen LogP contribution in [-0.2, 0) is 10.2 Å². The first-order valence-electron chi connectivity index (χ1n) is 6.18. The van der Waals surface area contributed by atoms with Crippen molar-refractivity contribution < 1.29 is 4.79 Å². The molecule has 0 bridgehead atoms. The van der Waals surface area contributed by atoms with Gasteiger partial charge in [0.25, 0.3) is 0 Å². The molecule has 2 aromatic rings. The maximum Gasteiger partial charge on any atom is 0.235 e. The number of hydrogen-bond donors (Lipinski definition) is 1. The quantitative estimate of drug-likeness (QED) is 0.930. The number of hydrogen-bond acceptors (Lipinski definition) is 2. The van der Waals surface area contributed by atoms with Gasteiger partial charge in [-0.15, -0.1) is 0 Å². The van der Waals surface area contributed by atoms with E-state index in [1.807, 2.05) is 24.3 Å². The number of nitrogens with one attached hydrogen (secondary N) is 1. The molecule has 1 aromatic carbocycles. The van der Waals surface area contributed by atoms with Crippen molar-refractivity contribution in [3.63, 3.8) is 0 Å². The average Bonchev–Trinajstić information content (AvgIpc) is 3.21. The molecule has 1 aromatic heterocycles. The number of carbonyl (C=O) groups is 1. The Morgan fingerprint density at radius 1 is 1.21 bits per heavy atom. The number of carbonyl (C=O) groups excluding carboxylic acids is 1. The molecule has 0 radical (unpaired) electrons. The van der Waals surface area contributed by atoms with Crippen molar-refractivity contribution in [1.29, 1.82) is 0 Å². The fourth-order valence-electron chi connectivity index (χ4n) is 2.24. The smallest absolute Gasteiger partial charge is 0.235 e. The molecule has 0 saturated heterocycles. The maximum absolute atomic E-state index is 12.4. The van der Waals surface area contributed by atoms with E-state index in [1.54, 1.807) is 24.5 Å². The first-order valence-corrected chi connectivity index (χ1v) is 6.56. The Kier molecular flexibility index (Phi) is 2.99. The highest BCUT2D eigenvalue weighted by atomic mass is 35.5. The summed E-state index contributed by atoms with van der Waals surface area (Å²) in [7, 11) is 0. The number of benzene rings is 1. The molecule has 3 nitrogen and oxygen atoms in total. The van der Waals surface area contributed by atoms with Crippen molar-refractivity contribution in [3.8, 4) is 0 Å². The molecular formula is C15H13ClN2O. The lowest BCUT2D eigenvalue weighted by Gasteiger charge is -2.16. The largest absolute Gasteiger partial charge is 0.325 e. The second kappa shape index (κ2) is 4.67. The van der Waals surface area contributed by atoms with Crippen LogP contribution in [0.2, 0.25) is 5.02 Å². The van der Waals surface area contributed by atoms with Gasteiger partial charge in [0.05, 0.1) is 5.41 Å². The minimum Gasteiger partial charge on any atom is -0.325 e. The van der Waals surface area contributed by atoms with E-state index in [4.69, 9.17) is 11.6 Å². The minimum absolute atomic E-state index is 0.0287. The predicted molar refractivity (Wildman–Crippen MR) is 75.2 cm³/mol. The average molecular weight is 273 g/mol. The second-order valence-corrected chi connectivity index (χ2v) is 5.22. The summed E-state index contributed by atoms with van der Waals surface area (Å²) in [6.45, 7) is 0. The van der Waals surface area contributed by atoms with Gasteiger partial charge < -0.3 is 5.32 Å². The van der Waals surface area contributed by atoms with Gasteiger partial charge in [0.1, 0.15) is 0 Å². The molecule has 4 heteroatoms. The van der Waals surface area contributed by atoms with E-state index in [0.29, 0.717) is 5.02 Å². The van der Waals surface area contributed by atoms with Crippen molar-refractivity contribution in [1.82, 2.24) is 4.98 Å². The molecule has 0 atom stereocenters. The lowest BCUT2D eigenvalue weighted by Crippen LogP contribution is -2.27. The molecule has 3 rings (SSSR count). The van der Waals surface area contributed by atoms with E-state index in [-0.39, 0.29) is 5.91 Å². The molecule has 1 aliphatic carbocycles. The molecule has 1 fully saturated rings. The third kappa shape index (κ3) is 2.34. The summed E-state index contributed by atoms with van der Waals surface area (Å²) in [5.41, 5.74) is 1.36. The standard InChI is InChI=1S/C15H13ClN2O/c16-12-3-1-2-11(10-12)15(6-7-15)14(19)18-13-4-8-17-9-5-13/h1-5,8-10H,6-7H2,(H,17,18,19). The van der Waals surface area contributed by atoms with Gasteiger partial charge in [-0.1, -0.05) is 23.7 Å². The Bertz CT molecular complexity index is 609. The Labute approximate surface area is 116 Å². The second-order valence-electron chi connectivity index (χ2n) is 4.78. The van der Waals surface area contributed by atoms with E-state index in [9.17, 15) is 4.79 Å². The molecule has 1 heterocycles. The number of aromatic nitrogens is 1. The Hall–Kier alpha value is -1.87. The third-order valence-corrected chi connectivity index (χ3v) is 3.74. The van der Waals surface area contributed by atoms with Gasteiger partial charge in [0.2, 0.25) is 5.91 Å². The Morgan fingerprint density at radius 2 is 1.95 bits per heavy atom. The number of rotatable bonds is 3. The van der Waals surface area contributed by atoms with Crippen molar-refractivity contribution >= 4 is 23.2 Å². The summed E-state index contributed by atoms with van der Waals surface area (Å²) in [6, 6.07) is 11.1. The maximum atomic E-state index is 12.4. The van der Waals surface area contributed by atoms with Gasteiger partial charge >= 0.3 is 0 Å². The lowest BCUT2D eigenvalue weighted by molar-refractivity contribution is -0.118. The van der Waals surface area contributed by atoms with Crippen LogP contribution in [0.4, 0.5) is 5.69 Å². The van der Waals surface area contributed by atoms with E-state index >= 15 is 0 Å². The number of pyridine rings is 1. The highest BCUT2D eigenvalue weighted by Crippen LogP contribution is 2.49. The highest BCUT2D eigenvalue weighted by Gasteiger charge is 2.51. The van der Waals surface area contributed by atoms with Crippen molar-refractivity contribution in [3.05, 3.63) is 59.4 Å². The van der Waals surface area contributed by atoms with Crippen LogP contribution in [-0.4, -0.2) is 10.9 Å². The summed E-state index contributed by atoms with van der Waals surface area (Å²) in [4.78, 5) is 16.4. The molecule has 1 N–H and O–H groups in total. The molecule has 0 aliphatic heterocycles. The molecule has 0 spiro atoms. The molecule has 1 saturated carbocycles. The van der Waals surface area contributed by atoms with Crippen molar-refractivity contribution in [2.24, 2.45) is 0 Å². The number of anilines is 1. The molecule has 19 heavy (non-hydrogen) atoms. The number of halogens is 1. The normalized spacial score (nSPS) is 15.8. The molecule has 1 amide bonds. The zero-order chi connectivity index (χ0) is 13.3. The number of amides is 1. The van der Waals surface area contributed by atoms with Crippen molar-refractivity contribution in [2.45, 2.75) is 18.3 Å². The van der Waals surface area contributed by atoms with Crippen LogP contribution in [0.5, 0.6) is 0 Å². The lowest BCUT2D eigenvalue weighted by atomic mass is 9.95.